The molecule has 0 aromatic heterocycles. The first-order chi connectivity index (χ1) is 8.13. The third-order valence-electron chi connectivity index (χ3n) is 2.18. The van der Waals surface area contributed by atoms with Gasteiger partial charge in [-0.05, 0) is 64.6 Å². The predicted octanol–water partition coefficient (Wildman–Crippen LogP) is 3.59. The van der Waals surface area contributed by atoms with Crippen LogP contribution in [-0.2, 0) is 6.61 Å². The van der Waals surface area contributed by atoms with Gasteiger partial charge in [-0.15, -0.1) is 0 Å². The van der Waals surface area contributed by atoms with E-state index >= 15 is 0 Å². The topological polar surface area (TPSA) is 35.2 Å². The molecule has 2 aromatic rings. The maximum Gasteiger partial charge on any atom is 0.125 e. The molecule has 17 heavy (non-hydrogen) atoms. The number of anilines is 1. The Hall–Kier alpha value is -1.30. The lowest BCUT2D eigenvalue weighted by Crippen LogP contribution is -1.98. The van der Waals surface area contributed by atoms with Gasteiger partial charge in [0.1, 0.15) is 18.2 Å². The van der Waals surface area contributed by atoms with Gasteiger partial charge in [0.15, 0.2) is 0 Å². The molecule has 0 aliphatic carbocycles. The summed E-state index contributed by atoms with van der Waals surface area (Å²) in [6.07, 6.45) is 0. The highest BCUT2D eigenvalue weighted by Gasteiger charge is 2.00. The fourth-order valence-corrected chi connectivity index (χ4v) is 2.00. The number of nitrogen functional groups attached to an aromatic ring is 1. The van der Waals surface area contributed by atoms with Gasteiger partial charge in [-0.2, -0.15) is 0 Å². The van der Waals surface area contributed by atoms with E-state index in [9.17, 15) is 4.39 Å². The minimum Gasteiger partial charge on any atom is -0.489 e. The largest absolute Gasteiger partial charge is 0.489 e. The zero-order chi connectivity index (χ0) is 12.3. The number of hydrogen-bond donors (Lipinski definition) is 1. The molecule has 0 saturated heterocycles. The Kier molecular flexibility index (Phi) is 3.83. The van der Waals surface area contributed by atoms with Crippen molar-refractivity contribution >= 4 is 28.3 Å². The van der Waals surface area contributed by atoms with E-state index in [4.69, 9.17) is 10.5 Å². The van der Waals surface area contributed by atoms with E-state index in [-0.39, 0.29) is 5.82 Å². The van der Waals surface area contributed by atoms with Crippen molar-refractivity contribution in [3.8, 4) is 5.75 Å². The normalized spacial score (nSPS) is 10.2. The summed E-state index contributed by atoms with van der Waals surface area (Å²) in [6.45, 7) is 0.308. The molecule has 4 heteroatoms. The Morgan fingerprint density at radius 1 is 1.18 bits per heavy atom. The smallest absolute Gasteiger partial charge is 0.125 e. The number of hydrogen-bond acceptors (Lipinski definition) is 2. The molecular weight excluding hydrogens is 332 g/mol. The number of ether oxygens (including phenoxy) is 1. The fraction of sp³-hybridized carbons (Fsp3) is 0.0769. The van der Waals surface area contributed by atoms with Crippen LogP contribution in [0.1, 0.15) is 5.56 Å². The first-order valence-electron chi connectivity index (χ1n) is 5.07. The molecule has 0 bridgehead atoms. The van der Waals surface area contributed by atoms with Crippen molar-refractivity contribution in [1.29, 1.82) is 0 Å². The molecule has 0 amide bonds. The Labute approximate surface area is 113 Å². The van der Waals surface area contributed by atoms with Crippen molar-refractivity contribution in [1.82, 2.24) is 0 Å². The zero-order valence-electron chi connectivity index (χ0n) is 8.99. The minimum atomic E-state index is -0.341. The minimum absolute atomic E-state index is 0.308. The Balaban J connectivity index is 2.07. The highest BCUT2D eigenvalue weighted by atomic mass is 127. The number of benzene rings is 2. The van der Waals surface area contributed by atoms with Crippen molar-refractivity contribution in [3.05, 3.63) is 57.4 Å². The van der Waals surface area contributed by atoms with E-state index in [0.29, 0.717) is 12.3 Å². The molecule has 2 N–H and O–H groups in total. The van der Waals surface area contributed by atoms with Crippen LogP contribution in [0.5, 0.6) is 5.75 Å². The second kappa shape index (κ2) is 5.35. The van der Waals surface area contributed by atoms with E-state index in [2.05, 4.69) is 22.6 Å². The summed E-state index contributed by atoms with van der Waals surface area (Å²) in [6, 6.07) is 12.1. The van der Waals surface area contributed by atoms with Crippen LogP contribution in [-0.4, -0.2) is 0 Å². The van der Waals surface area contributed by atoms with Crippen LogP contribution in [0.4, 0.5) is 10.1 Å². The second-order valence-electron chi connectivity index (χ2n) is 3.64. The quantitative estimate of drug-likeness (QED) is 0.683. The van der Waals surface area contributed by atoms with Crippen LogP contribution in [0, 0.1) is 9.39 Å². The Bertz CT molecular complexity index is 510. The van der Waals surface area contributed by atoms with Crippen molar-refractivity contribution in [2.75, 3.05) is 5.73 Å². The summed E-state index contributed by atoms with van der Waals surface area (Å²) in [5, 5.41) is 0. The van der Waals surface area contributed by atoms with Crippen molar-refractivity contribution in [2.24, 2.45) is 0 Å². The molecule has 0 spiro atoms. The van der Waals surface area contributed by atoms with Crippen LogP contribution < -0.4 is 10.5 Å². The Morgan fingerprint density at radius 3 is 2.71 bits per heavy atom. The lowest BCUT2D eigenvalue weighted by atomic mass is 10.2. The highest BCUT2D eigenvalue weighted by Crippen LogP contribution is 2.17. The Morgan fingerprint density at radius 2 is 2.00 bits per heavy atom. The summed E-state index contributed by atoms with van der Waals surface area (Å²) in [5.74, 6) is 0.422. The second-order valence-corrected chi connectivity index (χ2v) is 4.88. The van der Waals surface area contributed by atoms with Gasteiger partial charge >= 0.3 is 0 Å². The molecule has 2 aromatic carbocycles. The predicted molar refractivity (Wildman–Crippen MR) is 74.3 cm³/mol. The van der Waals surface area contributed by atoms with Gasteiger partial charge in [0.25, 0.3) is 0 Å². The number of halogens is 2. The van der Waals surface area contributed by atoms with Gasteiger partial charge < -0.3 is 10.5 Å². The average Bonchev–Trinajstić information content (AvgIpc) is 2.25. The van der Waals surface area contributed by atoms with Gasteiger partial charge in [0.2, 0.25) is 0 Å². The van der Waals surface area contributed by atoms with Crippen LogP contribution in [0.3, 0.4) is 0 Å². The molecule has 0 heterocycles. The monoisotopic (exact) mass is 343 g/mol. The molecule has 0 atom stereocenters. The van der Waals surface area contributed by atoms with Gasteiger partial charge in [0, 0.05) is 9.26 Å². The van der Waals surface area contributed by atoms with Crippen LogP contribution in [0.25, 0.3) is 0 Å². The summed E-state index contributed by atoms with van der Waals surface area (Å²) < 4.78 is 19.7. The van der Waals surface area contributed by atoms with E-state index in [1.807, 2.05) is 24.3 Å². The number of nitrogens with two attached hydrogens (primary N) is 1. The van der Waals surface area contributed by atoms with E-state index < -0.39 is 0 Å². The van der Waals surface area contributed by atoms with Crippen LogP contribution in [0.15, 0.2) is 42.5 Å². The van der Waals surface area contributed by atoms with Crippen LogP contribution in [0.2, 0.25) is 0 Å². The summed E-state index contributed by atoms with van der Waals surface area (Å²) in [5.41, 5.74) is 6.69. The third kappa shape index (κ3) is 3.59. The first-order valence-corrected chi connectivity index (χ1v) is 6.15. The molecule has 0 aliphatic heterocycles. The van der Waals surface area contributed by atoms with Crippen molar-refractivity contribution in [3.63, 3.8) is 0 Å². The standard InChI is InChI=1S/C13H11FINO/c14-10-4-9(5-12(16)6-10)8-17-13-3-1-2-11(15)7-13/h1-7H,8,16H2. The van der Waals surface area contributed by atoms with Crippen LogP contribution >= 0.6 is 22.6 Å². The van der Waals surface area contributed by atoms with Crippen molar-refractivity contribution in [2.45, 2.75) is 6.61 Å². The third-order valence-corrected chi connectivity index (χ3v) is 2.85. The summed E-state index contributed by atoms with van der Waals surface area (Å²) in [4.78, 5) is 0. The average molecular weight is 343 g/mol. The highest BCUT2D eigenvalue weighted by molar-refractivity contribution is 14.1. The maximum atomic E-state index is 13.1. The molecule has 0 unspecified atom stereocenters. The molecular formula is C13H11FINO. The van der Waals surface area contributed by atoms with E-state index in [1.54, 1.807) is 6.07 Å². The number of rotatable bonds is 3. The molecule has 0 radical (unpaired) electrons. The molecule has 88 valence electrons. The van der Waals surface area contributed by atoms with E-state index in [1.165, 1.54) is 12.1 Å². The van der Waals surface area contributed by atoms with Crippen molar-refractivity contribution < 1.29 is 9.13 Å². The molecule has 0 saturated carbocycles. The first kappa shape index (κ1) is 12.2. The maximum absolute atomic E-state index is 13.1. The summed E-state index contributed by atoms with van der Waals surface area (Å²) in [7, 11) is 0. The fourth-order valence-electron chi connectivity index (χ4n) is 1.48. The summed E-state index contributed by atoms with van der Waals surface area (Å²) >= 11 is 2.21. The lowest BCUT2D eigenvalue weighted by Gasteiger charge is -2.07. The molecule has 2 rings (SSSR count). The zero-order valence-corrected chi connectivity index (χ0v) is 11.1. The van der Waals surface area contributed by atoms with Gasteiger partial charge in [-0.1, -0.05) is 6.07 Å². The van der Waals surface area contributed by atoms with Gasteiger partial charge in [0.05, 0.1) is 0 Å². The van der Waals surface area contributed by atoms with Gasteiger partial charge in [-0.3, -0.25) is 0 Å². The lowest BCUT2D eigenvalue weighted by molar-refractivity contribution is 0.305. The molecule has 0 fully saturated rings. The SMILES string of the molecule is Nc1cc(F)cc(COc2cccc(I)c2)c1. The molecule has 2 nitrogen and oxygen atoms in total. The van der Waals surface area contributed by atoms with Gasteiger partial charge in [-0.25, -0.2) is 4.39 Å². The molecule has 0 aliphatic rings. The van der Waals surface area contributed by atoms with E-state index in [0.717, 1.165) is 14.9 Å².